The molecule has 1 saturated heterocycles. The Hall–Kier alpha value is -1.50. The second kappa shape index (κ2) is 5.85. The molecule has 3 rings (SSSR count). The first-order valence-corrected chi connectivity index (χ1v) is 8.56. The van der Waals surface area contributed by atoms with Crippen LogP contribution >= 0.6 is 0 Å². The first-order valence-electron chi connectivity index (χ1n) is 8.56. The van der Waals surface area contributed by atoms with E-state index in [1.807, 2.05) is 12.1 Å². The summed E-state index contributed by atoms with van der Waals surface area (Å²) >= 11 is 0. The molecule has 1 aromatic carbocycles. The number of rotatable bonds is 1. The van der Waals surface area contributed by atoms with Gasteiger partial charge < -0.3 is 14.4 Å². The molecule has 0 unspecified atom stereocenters. The number of nitrogens with one attached hydrogen (secondary N) is 1. The summed E-state index contributed by atoms with van der Waals surface area (Å²) in [5.41, 5.74) is 0.599. The van der Waals surface area contributed by atoms with Crippen LogP contribution < -0.4 is 9.64 Å². The van der Waals surface area contributed by atoms with Gasteiger partial charge in [-0.15, -0.1) is 0 Å². The van der Waals surface area contributed by atoms with Crippen molar-refractivity contribution < 1.29 is 14.4 Å². The van der Waals surface area contributed by atoms with E-state index in [0.29, 0.717) is 5.92 Å². The molecule has 1 N–H and O–H groups in total. The van der Waals surface area contributed by atoms with E-state index in [1.54, 1.807) is 0 Å². The molecule has 0 radical (unpaired) electrons. The van der Waals surface area contributed by atoms with Gasteiger partial charge in [-0.05, 0) is 45.6 Å². The minimum atomic E-state index is -0.364. The second-order valence-electron chi connectivity index (χ2n) is 7.84. The quantitative estimate of drug-likeness (QED) is 0.804. The van der Waals surface area contributed by atoms with Crippen molar-refractivity contribution in [1.82, 2.24) is 0 Å². The summed E-state index contributed by atoms with van der Waals surface area (Å²) in [7, 11) is 4.23. The molecule has 2 heterocycles. The molecule has 0 spiro atoms. The van der Waals surface area contributed by atoms with Crippen LogP contribution in [0.2, 0.25) is 0 Å². The Labute approximate surface area is 140 Å². The molecule has 23 heavy (non-hydrogen) atoms. The van der Waals surface area contributed by atoms with Crippen molar-refractivity contribution in [3.8, 4) is 17.6 Å². The van der Waals surface area contributed by atoms with Crippen molar-refractivity contribution in [3.63, 3.8) is 0 Å². The molecule has 0 aliphatic carbocycles. The first-order chi connectivity index (χ1) is 10.8. The predicted molar refractivity (Wildman–Crippen MR) is 91.6 cm³/mol. The molecule has 0 bridgehead atoms. The normalized spacial score (nSPS) is 31.4. The van der Waals surface area contributed by atoms with Gasteiger partial charge in [0.2, 0.25) is 0 Å². The number of hydrogen-bond donors (Lipinski definition) is 1. The minimum Gasteiger partial charge on any atom is -0.487 e. The average Bonchev–Trinajstić information content (AvgIpc) is 2.46. The Bertz CT molecular complexity index is 641. The molecule has 1 fully saturated rings. The van der Waals surface area contributed by atoms with E-state index in [1.165, 1.54) is 10.5 Å². The Morgan fingerprint density at radius 3 is 2.70 bits per heavy atom. The van der Waals surface area contributed by atoms with Crippen molar-refractivity contribution >= 4 is 0 Å². The lowest BCUT2D eigenvalue weighted by Crippen LogP contribution is -3.05. The van der Waals surface area contributed by atoms with Gasteiger partial charge in [-0.2, -0.15) is 0 Å². The van der Waals surface area contributed by atoms with Crippen LogP contribution in [0.1, 0.15) is 45.3 Å². The molecule has 124 valence electrons. The third-order valence-electron chi connectivity index (χ3n) is 4.97. The molecule has 1 aromatic rings. The number of hydrogen-bond acceptors (Lipinski definition) is 2. The van der Waals surface area contributed by atoms with E-state index in [2.05, 4.69) is 58.8 Å². The van der Waals surface area contributed by atoms with E-state index in [-0.39, 0.29) is 17.3 Å². The SMILES string of the molecule is C[NH+](C)CC#C[C@]1(C)CC[C@H]2[C@@H](O1)c1ccccc1OC2(C)C. The fourth-order valence-electron chi connectivity index (χ4n) is 3.66. The van der Waals surface area contributed by atoms with Gasteiger partial charge in [0.15, 0.2) is 0 Å². The standard InChI is InChI=1S/C20H27NO2/c1-19(2)16-11-13-20(3,12-8-14-21(4)5)23-18(16)15-9-6-7-10-17(15)22-19/h6-7,9-10,16,18H,11,13-14H2,1-5H3/p+1/t16-,18-,20+/m0/s1. The minimum absolute atomic E-state index is 0.0645. The molecule has 0 amide bonds. The van der Waals surface area contributed by atoms with Gasteiger partial charge in [-0.3, -0.25) is 0 Å². The van der Waals surface area contributed by atoms with Crippen LogP contribution in [0.25, 0.3) is 0 Å². The second-order valence-corrected chi connectivity index (χ2v) is 7.84. The number of quaternary nitrogens is 1. The Balaban J connectivity index is 1.90. The fraction of sp³-hybridized carbons (Fsp3) is 0.600. The molecule has 2 aliphatic rings. The summed E-state index contributed by atoms with van der Waals surface area (Å²) < 4.78 is 12.8. The molecule has 3 heteroatoms. The maximum absolute atomic E-state index is 6.56. The number of benzene rings is 1. The zero-order chi connectivity index (χ0) is 16.7. The zero-order valence-corrected chi connectivity index (χ0v) is 14.9. The summed E-state index contributed by atoms with van der Waals surface area (Å²) in [5.74, 6) is 8.00. The molecule has 3 nitrogen and oxygen atoms in total. The maximum atomic E-state index is 6.56. The summed E-state index contributed by atoms with van der Waals surface area (Å²) in [5, 5.41) is 0. The van der Waals surface area contributed by atoms with E-state index >= 15 is 0 Å². The fourth-order valence-corrected chi connectivity index (χ4v) is 3.66. The number of ether oxygens (including phenoxy) is 2. The van der Waals surface area contributed by atoms with Crippen LogP contribution in [0.15, 0.2) is 24.3 Å². The summed E-state index contributed by atoms with van der Waals surface area (Å²) in [6, 6.07) is 8.26. The van der Waals surface area contributed by atoms with Crippen LogP contribution in [0, 0.1) is 17.8 Å². The Kier molecular flexibility index (Phi) is 4.16. The largest absolute Gasteiger partial charge is 0.487 e. The predicted octanol–water partition coefficient (Wildman–Crippen LogP) is 2.23. The molecule has 3 atom stereocenters. The van der Waals surface area contributed by atoms with Gasteiger partial charge in [-0.1, -0.05) is 24.1 Å². The van der Waals surface area contributed by atoms with Crippen molar-refractivity contribution in [2.24, 2.45) is 5.92 Å². The monoisotopic (exact) mass is 314 g/mol. The highest BCUT2D eigenvalue weighted by atomic mass is 16.5. The Morgan fingerprint density at radius 1 is 1.22 bits per heavy atom. The van der Waals surface area contributed by atoms with Gasteiger partial charge in [-0.25, -0.2) is 0 Å². The van der Waals surface area contributed by atoms with E-state index in [4.69, 9.17) is 9.47 Å². The number of para-hydroxylation sites is 1. The summed E-state index contributed by atoms with van der Waals surface area (Å²) in [4.78, 5) is 1.34. The van der Waals surface area contributed by atoms with Crippen molar-refractivity contribution in [1.29, 1.82) is 0 Å². The maximum Gasteiger partial charge on any atom is 0.139 e. The average molecular weight is 314 g/mol. The van der Waals surface area contributed by atoms with E-state index < -0.39 is 0 Å². The third kappa shape index (κ3) is 3.24. The first kappa shape index (κ1) is 16.4. The van der Waals surface area contributed by atoms with E-state index in [9.17, 15) is 0 Å². The zero-order valence-electron chi connectivity index (χ0n) is 14.9. The molecular weight excluding hydrogens is 286 g/mol. The van der Waals surface area contributed by atoms with Crippen LogP contribution in [0.4, 0.5) is 0 Å². The van der Waals surface area contributed by atoms with Crippen molar-refractivity contribution in [3.05, 3.63) is 29.8 Å². The van der Waals surface area contributed by atoms with Gasteiger partial charge >= 0.3 is 0 Å². The highest BCUT2D eigenvalue weighted by molar-refractivity contribution is 5.39. The van der Waals surface area contributed by atoms with Gasteiger partial charge in [0.1, 0.15) is 23.5 Å². The summed E-state index contributed by atoms with van der Waals surface area (Å²) in [6.45, 7) is 7.33. The van der Waals surface area contributed by atoms with Crippen LogP contribution in [0.5, 0.6) is 5.75 Å². The topological polar surface area (TPSA) is 22.9 Å². The smallest absolute Gasteiger partial charge is 0.139 e. The van der Waals surface area contributed by atoms with Crippen LogP contribution in [-0.2, 0) is 4.74 Å². The van der Waals surface area contributed by atoms with Crippen molar-refractivity contribution in [2.75, 3.05) is 20.6 Å². The van der Waals surface area contributed by atoms with Crippen LogP contribution in [0.3, 0.4) is 0 Å². The Morgan fingerprint density at radius 2 is 1.96 bits per heavy atom. The molecular formula is C20H28NO2+. The lowest BCUT2D eigenvalue weighted by molar-refractivity contribution is -0.850. The third-order valence-corrected chi connectivity index (χ3v) is 4.97. The molecule has 2 aliphatic heterocycles. The summed E-state index contributed by atoms with van der Waals surface area (Å²) in [6.07, 6.45) is 2.10. The lowest BCUT2D eigenvalue weighted by Gasteiger charge is -2.50. The van der Waals surface area contributed by atoms with Crippen LogP contribution in [-0.4, -0.2) is 31.8 Å². The van der Waals surface area contributed by atoms with Crippen molar-refractivity contribution in [2.45, 2.75) is 50.9 Å². The molecule has 0 aromatic heterocycles. The van der Waals surface area contributed by atoms with Gasteiger partial charge in [0, 0.05) is 11.5 Å². The van der Waals surface area contributed by atoms with Gasteiger partial charge in [0.25, 0.3) is 0 Å². The highest BCUT2D eigenvalue weighted by Gasteiger charge is 2.49. The highest BCUT2D eigenvalue weighted by Crippen LogP contribution is 2.52. The van der Waals surface area contributed by atoms with E-state index in [0.717, 1.165) is 25.1 Å². The lowest BCUT2D eigenvalue weighted by atomic mass is 9.73. The number of fused-ring (bicyclic) bond motifs is 3. The van der Waals surface area contributed by atoms with Gasteiger partial charge in [0.05, 0.1) is 20.2 Å². The molecule has 0 saturated carbocycles.